The van der Waals surface area contributed by atoms with Gasteiger partial charge in [0.15, 0.2) is 11.5 Å². The number of alkyl carbamates (subject to hydrolysis) is 1. The van der Waals surface area contributed by atoms with E-state index in [9.17, 15) is 14.4 Å². The van der Waals surface area contributed by atoms with E-state index in [1.807, 2.05) is 21.0 Å². The molecule has 216 valence electrons. The molecule has 2 aliphatic carbocycles. The second kappa shape index (κ2) is 9.49. The summed E-state index contributed by atoms with van der Waals surface area (Å²) < 4.78 is 61.9. The lowest BCUT2D eigenvalue weighted by Crippen LogP contribution is -2.36. The van der Waals surface area contributed by atoms with Gasteiger partial charge in [-0.25, -0.2) is 24.2 Å². The van der Waals surface area contributed by atoms with Crippen LogP contribution in [0, 0.1) is 5.92 Å². The third-order valence-corrected chi connectivity index (χ3v) is 8.03. The lowest BCUT2D eigenvalue weighted by molar-refractivity contribution is -0.123. The molecule has 0 aliphatic heterocycles. The zero-order valence-electron chi connectivity index (χ0n) is 29.6. The van der Waals surface area contributed by atoms with Crippen LogP contribution in [-0.4, -0.2) is 68.0 Å². The van der Waals surface area contributed by atoms with E-state index in [-0.39, 0.29) is 42.0 Å². The van der Waals surface area contributed by atoms with Crippen LogP contribution in [0.25, 0.3) is 22.1 Å². The van der Waals surface area contributed by atoms with Crippen molar-refractivity contribution in [1.82, 2.24) is 34.2 Å². The maximum absolute atomic E-state index is 13.6. The van der Waals surface area contributed by atoms with Gasteiger partial charge < -0.3 is 26.0 Å². The van der Waals surface area contributed by atoms with Crippen molar-refractivity contribution in [2.75, 3.05) is 31.3 Å². The molecular formula is C27H34N10O4. The number of nitrogens with zero attached hydrogens (tertiary/aromatic N) is 7. The molecule has 6 rings (SSSR count). The van der Waals surface area contributed by atoms with Crippen molar-refractivity contribution in [3.05, 3.63) is 34.9 Å². The van der Waals surface area contributed by atoms with E-state index < -0.39 is 49.3 Å². The van der Waals surface area contributed by atoms with Crippen LogP contribution in [0.15, 0.2) is 29.2 Å². The van der Waals surface area contributed by atoms with Crippen molar-refractivity contribution in [3.8, 4) is 0 Å². The average Bonchev–Trinajstić information content (AvgIpc) is 3.20. The number of carbonyl (C=O) groups excluding carboxylic acids is 2. The van der Waals surface area contributed by atoms with Crippen molar-refractivity contribution in [2.24, 2.45) is 18.6 Å². The van der Waals surface area contributed by atoms with Crippen LogP contribution in [0.5, 0.6) is 0 Å². The van der Waals surface area contributed by atoms with Gasteiger partial charge in [-0.1, -0.05) is 6.92 Å². The summed E-state index contributed by atoms with van der Waals surface area (Å²) in [6.45, 7) is -0.949. The number of aryl methyl sites for hydroxylation is 1. The van der Waals surface area contributed by atoms with Gasteiger partial charge in [-0.3, -0.25) is 13.9 Å². The van der Waals surface area contributed by atoms with Crippen LogP contribution < -0.4 is 27.0 Å². The van der Waals surface area contributed by atoms with E-state index in [0.717, 1.165) is 0 Å². The molecule has 4 atom stereocenters. The average molecular weight is 570 g/mol. The molecule has 2 saturated carbocycles. The SMILES string of the molecule is [2H]C1(NC(=O)OC([2H])([2H])[2H])CCC(n2c(=O)n(C([2H])([2H])[2H])c3cnc(Nc4ccc5c(N(C)C)nn(C6(C(N)=O)CC6C)c5n4)cc32)C1. The fraction of sp³-hybridized carbons (Fsp3) is 0.481. The second-order valence-corrected chi connectivity index (χ2v) is 10.8. The summed E-state index contributed by atoms with van der Waals surface area (Å²) in [5.41, 5.74) is 4.58. The third-order valence-electron chi connectivity index (χ3n) is 8.03. The number of carbonyl (C=O) groups is 2. The lowest BCUT2D eigenvalue weighted by atomic mass is 10.2. The number of nitrogens with one attached hydrogen (secondary N) is 2. The van der Waals surface area contributed by atoms with E-state index in [2.05, 4.69) is 25.5 Å². The van der Waals surface area contributed by atoms with Crippen LogP contribution in [0.1, 0.15) is 48.2 Å². The molecule has 41 heavy (non-hydrogen) atoms. The van der Waals surface area contributed by atoms with Gasteiger partial charge in [-0.2, -0.15) is 5.10 Å². The van der Waals surface area contributed by atoms with Gasteiger partial charge in [0.2, 0.25) is 5.91 Å². The van der Waals surface area contributed by atoms with E-state index in [1.165, 1.54) is 16.8 Å². The van der Waals surface area contributed by atoms with Crippen molar-refractivity contribution < 1.29 is 23.9 Å². The predicted octanol–water partition coefficient (Wildman–Crippen LogP) is 1.96. The maximum Gasteiger partial charge on any atom is 0.407 e. The maximum atomic E-state index is 13.6. The first-order valence-electron chi connectivity index (χ1n) is 16.5. The fourth-order valence-corrected chi connectivity index (χ4v) is 5.81. The van der Waals surface area contributed by atoms with E-state index in [1.54, 1.807) is 21.7 Å². The quantitative estimate of drug-likeness (QED) is 0.301. The minimum Gasteiger partial charge on any atom is -0.453 e. The summed E-state index contributed by atoms with van der Waals surface area (Å²) in [4.78, 5) is 49.2. The molecule has 4 aromatic rings. The number of hydrogen-bond acceptors (Lipinski definition) is 9. The number of hydrogen-bond donors (Lipinski definition) is 3. The molecule has 4 unspecified atom stereocenters. The molecule has 14 heteroatoms. The van der Waals surface area contributed by atoms with E-state index in [4.69, 9.17) is 20.3 Å². The summed E-state index contributed by atoms with van der Waals surface area (Å²) in [5.74, 6) is 0.572. The highest BCUT2D eigenvalue weighted by molar-refractivity contribution is 5.93. The van der Waals surface area contributed by atoms with Gasteiger partial charge in [-0.05, 0) is 43.7 Å². The molecule has 0 radical (unpaired) electrons. The van der Waals surface area contributed by atoms with Crippen molar-refractivity contribution >= 4 is 51.5 Å². The molecule has 2 amide bonds. The Morgan fingerprint density at radius 1 is 1.27 bits per heavy atom. The first-order valence-corrected chi connectivity index (χ1v) is 13.0. The molecule has 4 aromatic heterocycles. The van der Waals surface area contributed by atoms with Gasteiger partial charge >= 0.3 is 11.8 Å². The van der Waals surface area contributed by atoms with Crippen LogP contribution in [0.2, 0.25) is 0 Å². The molecular weight excluding hydrogens is 528 g/mol. The largest absolute Gasteiger partial charge is 0.453 e. The Hall–Kier alpha value is -4.62. The number of fused-ring (bicyclic) bond motifs is 2. The number of methoxy groups -OCH3 is 1. The molecule has 2 aliphatic rings. The molecule has 14 nitrogen and oxygen atoms in total. The fourth-order valence-electron chi connectivity index (χ4n) is 5.81. The van der Waals surface area contributed by atoms with Gasteiger partial charge in [-0.15, -0.1) is 0 Å². The third kappa shape index (κ3) is 4.16. The number of nitrogens with two attached hydrogens (primary N) is 1. The first kappa shape index (κ1) is 19.5. The molecule has 0 saturated heterocycles. The van der Waals surface area contributed by atoms with Crippen molar-refractivity contribution in [1.29, 1.82) is 0 Å². The Morgan fingerprint density at radius 2 is 2.07 bits per heavy atom. The highest BCUT2D eigenvalue weighted by Gasteiger charge is 2.60. The van der Waals surface area contributed by atoms with Crippen molar-refractivity contribution in [3.63, 3.8) is 0 Å². The lowest BCUT2D eigenvalue weighted by Gasteiger charge is -2.15. The standard InChI is InChI=1S/C27H34N10O4/c1-14-12-27(14,24(28)38)37-22-17(23(33-37)34(2)3)8-9-20(32-22)31-21-11-18-19(13-29-21)35(4)26(40)36(18)16-7-6-15(10-16)30-25(39)41-5/h8-9,11,13-16H,6-7,10,12H2,1-5H3,(H2,28,38)(H,30,39)(H,29,31,32)/i4D3,5D3,15D. The number of primary amides is 1. The number of aromatic nitrogens is 6. The van der Waals surface area contributed by atoms with Gasteiger partial charge in [0.1, 0.15) is 17.2 Å². The molecule has 0 aromatic carbocycles. The summed E-state index contributed by atoms with van der Waals surface area (Å²) in [5, 5.41) is 10.7. The van der Waals surface area contributed by atoms with Gasteiger partial charge in [0.05, 0.1) is 35.1 Å². The Balaban J connectivity index is 1.38. The van der Waals surface area contributed by atoms with Crippen molar-refractivity contribution in [2.45, 2.75) is 50.2 Å². The van der Waals surface area contributed by atoms with Gasteiger partial charge in [0, 0.05) is 43.3 Å². The Labute approximate surface area is 245 Å². The highest BCUT2D eigenvalue weighted by atomic mass is 16.5. The minimum atomic E-state index is -3.01. The first-order chi connectivity index (χ1) is 22.2. The number of ether oxygens (including phenoxy) is 1. The Kier molecular flexibility index (Phi) is 4.50. The summed E-state index contributed by atoms with van der Waals surface area (Å²) >= 11 is 0. The highest BCUT2D eigenvalue weighted by Crippen LogP contribution is 2.51. The summed E-state index contributed by atoms with van der Waals surface area (Å²) in [6.07, 6.45) is 0.550. The smallest absolute Gasteiger partial charge is 0.407 e. The van der Waals surface area contributed by atoms with E-state index in [0.29, 0.717) is 33.7 Å². The monoisotopic (exact) mass is 569 g/mol. The Morgan fingerprint density at radius 3 is 2.76 bits per heavy atom. The van der Waals surface area contributed by atoms with E-state index >= 15 is 0 Å². The number of amides is 2. The molecule has 0 bridgehead atoms. The van der Waals surface area contributed by atoms with Crippen LogP contribution in [0.3, 0.4) is 0 Å². The zero-order valence-corrected chi connectivity index (χ0v) is 22.6. The predicted molar refractivity (Wildman–Crippen MR) is 153 cm³/mol. The molecule has 0 spiro atoms. The van der Waals surface area contributed by atoms with Crippen LogP contribution in [0.4, 0.5) is 22.2 Å². The number of imidazole rings is 1. The normalized spacial score (nSPS) is 28.5. The second-order valence-electron chi connectivity index (χ2n) is 10.8. The number of pyridine rings is 2. The Bertz CT molecular complexity index is 2020. The van der Waals surface area contributed by atoms with Crippen LogP contribution >= 0.6 is 0 Å². The van der Waals surface area contributed by atoms with Crippen LogP contribution in [-0.2, 0) is 22.0 Å². The number of rotatable bonds is 7. The zero-order chi connectivity index (χ0) is 35.1. The minimum absolute atomic E-state index is 0.0195. The summed E-state index contributed by atoms with van der Waals surface area (Å²) in [7, 11) is 0.638. The van der Waals surface area contributed by atoms with Gasteiger partial charge in [0.25, 0.3) is 0 Å². The topological polar surface area (TPSA) is 167 Å². The molecule has 4 N–H and O–H groups in total. The molecule has 4 heterocycles. The summed E-state index contributed by atoms with van der Waals surface area (Å²) in [6, 6.07) is 2.56. The number of anilines is 3. The molecule has 2 fully saturated rings.